The maximum atomic E-state index is 10.8. The van der Waals surface area contributed by atoms with Crippen LogP contribution < -0.4 is 5.32 Å². The molecule has 0 unspecified atom stereocenters. The fraction of sp³-hybridized carbons (Fsp3) is 0.750. The Bertz CT molecular complexity index is 170. The molecule has 5 nitrogen and oxygen atoms in total. The highest BCUT2D eigenvalue weighted by molar-refractivity contribution is 5.80. The molecular weight excluding hydrogens is 174 g/mol. The van der Waals surface area contributed by atoms with Crippen molar-refractivity contribution in [1.29, 1.82) is 0 Å². The lowest BCUT2D eigenvalue weighted by molar-refractivity contribution is -0.129. The fourth-order valence-electron chi connectivity index (χ4n) is 0.606. The molecule has 0 aromatic rings. The van der Waals surface area contributed by atoms with Crippen LogP contribution in [0.15, 0.2) is 0 Å². The zero-order chi connectivity index (χ0) is 10.1. The molecule has 5 heteroatoms. The van der Waals surface area contributed by atoms with Gasteiger partial charge in [-0.2, -0.15) is 0 Å². The summed E-state index contributed by atoms with van der Waals surface area (Å²) in [6.45, 7) is 1.69. The zero-order valence-corrected chi connectivity index (χ0v) is 7.71. The van der Waals surface area contributed by atoms with Crippen molar-refractivity contribution in [1.82, 2.24) is 5.32 Å². The minimum Gasteiger partial charge on any atom is -0.395 e. The Balaban J connectivity index is 3.31. The molecule has 0 aliphatic rings. The Hall–Kier alpha value is -0.940. The van der Waals surface area contributed by atoms with E-state index in [9.17, 15) is 9.59 Å². The highest BCUT2D eigenvalue weighted by Crippen LogP contribution is 1.82. The van der Waals surface area contributed by atoms with Crippen molar-refractivity contribution >= 4 is 11.7 Å². The molecular formula is C8H15NO4. The number of rotatable bonds is 7. The number of carbonyl (C=O) groups excluding carboxylic acids is 2. The summed E-state index contributed by atoms with van der Waals surface area (Å²) >= 11 is 0. The molecule has 1 amide bonds. The first-order valence-electron chi connectivity index (χ1n) is 4.17. The average Bonchev–Trinajstić information content (AvgIpc) is 2.14. The monoisotopic (exact) mass is 189 g/mol. The Kier molecular flexibility index (Phi) is 7.14. The van der Waals surface area contributed by atoms with E-state index in [0.29, 0.717) is 6.42 Å². The van der Waals surface area contributed by atoms with Gasteiger partial charge in [-0.05, 0) is 0 Å². The number of ether oxygens (including phenoxy) is 1. The van der Waals surface area contributed by atoms with Crippen molar-refractivity contribution in [2.75, 3.05) is 26.4 Å². The lowest BCUT2D eigenvalue weighted by atomic mass is 10.3. The van der Waals surface area contributed by atoms with E-state index in [2.05, 4.69) is 5.32 Å². The number of hydrogen-bond acceptors (Lipinski definition) is 4. The van der Waals surface area contributed by atoms with Gasteiger partial charge in [0.15, 0.2) is 5.78 Å². The number of nitrogens with one attached hydrogen (secondary N) is 1. The number of aliphatic hydroxyl groups is 1. The van der Waals surface area contributed by atoms with Crippen LogP contribution in [0.4, 0.5) is 0 Å². The van der Waals surface area contributed by atoms with Gasteiger partial charge in [0.2, 0.25) is 5.91 Å². The third-order valence-corrected chi connectivity index (χ3v) is 1.32. The van der Waals surface area contributed by atoms with Crippen LogP contribution in [0.2, 0.25) is 0 Å². The van der Waals surface area contributed by atoms with Crippen LogP contribution in [0.1, 0.15) is 13.3 Å². The first-order valence-corrected chi connectivity index (χ1v) is 4.17. The summed E-state index contributed by atoms with van der Waals surface area (Å²) in [6.07, 6.45) is 0.415. The number of hydrogen-bond donors (Lipinski definition) is 2. The van der Waals surface area contributed by atoms with Gasteiger partial charge in [0, 0.05) is 13.0 Å². The van der Waals surface area contributed by atoms with Gasteiger partial charge in [-0.1, -0.05) is 6.92 Å². The standard InChI is InChI=1S/C8H15NO4/c1-2-7(11)5-13-6-8(12)9-3-4-10/h10H,2-6H2,1H3,(H,9,12). The van der Waals surface area contributed by atoms with Crippen LogP contribution in [0.5, 0.6) is 0 Å². The minimum absolute atomic E-state index is 0.0248. The van der Waals surface area contributed by atoms with Crippen molar-refractivity contribution in [2.45, 2.75) is 13.3 Å². The van der Waals surface area contributed by atoms with Crippen molar-refractivity contribution in [2.24, 2.45) is 0 Å². The highest BCUT2D eigenvalue weighted by atomic mass is 16.5. The summed E-state index contributed by atoms with van der Waals surface area (Å²) in [7, 11) is 0. The molecule has 0 fully saturated rings. The van der Waals surface area contributed by atoms with Gasteiger partial charge >= 0.3 is 0 Å². The molecule has 0 saturated heterocycles. The van der Waals surface area contributed by atoms with Gasteiger partial charge in [-0.15, -0.1) is 0 Å². The van der Waals surface area contributed by atoms with Gasteiger partial charge < -0.3 is 15.2 Å². The maximum Gasteiger partial charge on any atom is 0.246 e. The normalized spacial score (nSPS) is 9.69. The van der Waals surface area contributed by atoms with Crippen LogP contribution in [0, 0.1) is 0 Å². The summed E-state index contributed by atoms with van der Waals surface area (Å²) in [5.41, 5.74) is 0. The average molecular weight is 189 g/mol. The molecule has 0 aromatic carbocycles. The van der Waals surface area contributed by atoms with Crippen molar-refractivity contribution in [3.8, 4) is 0 Å². The van der Waals surface area contributed by atoms with Gasteiger partial charge in [-0.3, -0.25) is 9.59 Å². The molecule has 0 rings (SSSR count). The van der Waals surface area contributed by atoms with E-state index in [-0.39, 0.29) is 38.1 Å². The summed E-state index contributed by atoms with van der Waals surface area (Å²) in [5, 5.41) is 10.8. The van der Waals surface area contributed by atoms with E-state index in [1.54, 1.807) is 6.92 Å². The van der Waals surface area contributed by atoms with E-state index in [4.69, 9.17) is 9.84 Å². The second kappa shape index (κ2) is 7.70. The van der Waals surface area contributed by atoms with Crippen LogP contribution in [-0.4, -0.2) is 43.2 Å². The Morgan fingerprint density at radius 2 is 2.08 bits per heavy atom. The molecule has 0 radical (unpaired) electrons. The molecule has 2 N–H and O–H groups in total. The SMILES string of the molecule is CCC(=O)COCC(=O)NCCO. The second-order valence-corrected chi connectivity index (χ2v) is 2.46. The first-order chi connectivity index (χ1) is 6.20. The number of ketones is 1. The summed E-state index contributed by atoms with van der Waals surface area (Å²) in [4.78, 5) is 21.5. The lowest BCUT2D eigenvalue weighted by Crippen LogP contribution is -2.30. The van der Waals surface area contributed by atoms with Crippen LogP contribution in [0.25, 0.3) is 0 Å². The molecule has 0 aliphatic heterocycles. The van der Waals surface area contributed by atoms with Gasteiger partial charge in [0.25, 0.3) is 0 Å². The molecule has 0 saturated carbocycles. The molecule has 0 atom stereocenters. The number of aliphatic hydroxyl groups excluding tert-OH is 1. The van der Waals surface area contributed by atoms with E-state index in [0.717, 1.165) is 0 Å². The molecule has 0 spiro atoms. The quantitative estimate of drug-likeness (QED) is 0.543. The predicted octanol–water partition coefficient (Wildman–Crippen LogP) is -0.909. The molecule has 0 bridgehead atoms. The zero-order valence-electron chi connectivity index (χ0n) is 7.71. The van der Waals surface area contributed by atoms with Gasteiger partial charge in [-0.25, -0.2) is 0 Å². The van der Waals surface area contributed by atoms with E-state index < -0.39 is 0 Å². The van der Waals surface area contributed by atoms with E-state index in [1.165, 1.54) is 0 Å². The smallest absolute Gasteiger partial charge is 0.246 e. The van der Waals surface area contributed by atoms with Gasteiger partial charge in [0.1, 0.15) is 13.2 Å². The Morgan fingerprint density at radius 1 is 1.38 bits per heavy atom. The molecule has 0 aromatic heterocycles. The topological polar surface area (TPSA) is 75.6 Å². The minimum atomic E-state index is -0.321. The Morgan fingerprint density at radius 3 is 2.62 bits per heavy atom. The summed E-state index contributed by atoms with van der Waals surface area (Å²) in [6, 6.07) is 0. The maximum absolute atomic E-state index is 10.8. The molecule has 0 aliphatic carbocycles. The lowest BCUT2D eigenvalue weighted by Gasteiger charge is -2.03. The largest absolute Gasteiger partial charge is 0.395 e. The third kappa shape index (κ3) is 7.42. The van der Waals surface area contributed by atoms with E-state index in [1.807, 2.05) is 0 Å². The highest BCUT2D eigenvalue weighted by Gasteiger charge is 2.02. The summed E-state index contributed by atoms with van der Waals surface area (Å²) in [5.74, 6) is -0.354. The first kappa shape index (κ1) is 12.1. The predicted molar refractivity (Wildman–Crippen MR) is 46.2 cm³/mol. The van der Waals surface area contributed by atoms with Crippen LogP contribution in [0.3, 0.4) is 0 Å². The molecule has 76 valence electrons. The van der Waals surface area contributed by atoms with Crippen molar-refractivity contribution in [3.63, 3.8) is 0 Å². The second-order valence-electron chi connectivity index (χ2n) is 2.46. The van der Waals surface area contributed by atoms with Crippen molar-refractivity contribution < 1.29 is 19.4 Å². The van der Waals surface area contributed by atoms with Crippen molar-refractivity contribution in [3.05, 3.63) is 0 Å². The molecule has 13 heavy (non-hydrogen) atoms. The number of carbonyl (C=O) groups is 2. The Labute approximate surface area is 77.1 Å². The van der Waals surface area contributed by atoms with Crippen LogP contribution >= 0.6 is 0 Å². The number of amides is 1. The number of Topliss-reactive ketones (excluding diaryl/α,β-unsaturated/α-hetero) is 1. The van der Waals surface area contributed by atoms with Crippen LogP contribution in [-0.2, 0) is 14.3 Å². The van der Waals surface area contributed by atoms with Gasteiger partial charge in [0.05, 0.1) is 6.61 Å². The molecule has 0 heterocycles. The van der Waals surface area contributed by atoms with E-state index >= 15 is 0 Å². The third-order valence-electron chi connectivity index (χ3n) is 1.32. The summed E-state index contributed by atoms with van der Waals surface area (Å²) < 4.78 is 4.80. The fourth-order valence-corrected chi connectivity index (χ4v) is 0.606.